The zero-order valence-corrected chi connectivity index (χ0v) is 17.3. The molecule has 5 rings (SSSR count). The third-order valence-electron chi connectivity index (χ3n) is 5.42. The SMILES string of the molecule is COc1cc2c(cc1OC)-c1c(oc3c4c(cc(O)c3c1=O)OC(C)(C)C=C4)C(O)O2. The number of fused-ring (bicyclic) bond motifs is 6. The van der Waals surface area contributed by atoms with Crippen molar-refractivity contribution in [2.24, 2.45) is 0 Å². The molecule has 1 unspecified atom stereocenters. The second-order valence-corrected chi connectivity index (χ2v) is 7.89. The number of aromatic hydroxyl groups is 1. The predicted octanol–water partition coefficient (Wildman–Crippen LogP) is 3.75. The Kier molecular flexibility index (Phi) is 4.00. The molecule has 0 spiro atoms. The van der Waals surface area contributed by atoms with E-state index in [1.54, 1.807) is 12.1 Å². The van der Waals surface area contributed by atoms with E-state index >= 15 is 0 Å². The van der Waals surface area contributed by atoms with Crippen LogP contribution in [0.5, 0.6) is 28.7 Å². The zero-order valence-electron chi connectivity index (χ0n) is 17.3. The van der Waals surface area contributed by atoms with Crippen LogP contribution in [0.4, 0.5) is 0 Å². The minimum Gasteiger partial charge on any atom is -0.507 e. The van der Waals surface area contributed by atoms with Gasteiger partial charge in [-0.2, -0.15) is 0 Å². The summed E-state index contributed by atoms with van der Waals surface area (Å²) in [7, 11) is 2.94. The molecule has 0 saturated heterocycles. The van der Waals surface area contributed by atoms with Crippen LogP contribution in [0.15, 0.2) is 33.5 Å². The Balaban J connectivity index is 1.85. The van der Waals surface area contributed by atoms with Gasteiger partial charge in [0.05, 0.1) is 25.3 Å². The van der Waals surface area contributed by atoms with Gasteiger partial charge in [0, 0.05) is 17.7 Å². The third-order valence-corrected chi connectivity index (χ3v) is 5.42. The summed E-state index contributed by atoms with van der Waals surface area (Å²) in [5.41, 5.74) is -0.0455. The molecule has 0 radical (unpaired) electrons. The molecular weight excluding hydrogens is 404 g/mol. The van der Waals surface area contributed by atoms with Gasteiger partial charge in [-0.1, -0.05) is 0 Å². The lowest BCUT2D eigenvalue weighted by molar-refractivity contribution is -0.0377. The maximum absolute atomic E-state index is 13.5. The number of aliphatic hydroxyl groups is 1. The normalized spacial score (nSPS) is 17.8. The van der Waals surface area contributed by atoms with Crippen molar-refractivity contribution in [1.82, 2.24) is 0 Å². The van der Waals surface area contributed by atoms with Crippen molar-refractivity contribution in [3.05, 3.63) is 45.8 Å². The number of phenolic OH excluding ortho intramolecular Hbond substituents is 1. The van der Waals surface area contributed by atoms with Crippen molar-refractivity contribution < 1.29 is 33.6 Å². The molecule has 2 aromatic carbocycles. The lowest BCUT2D eigenvalue weighted by Gasteiger charge is -2.29. The van der Waals surface area contributed by atoms with E-state index in [9.17, 15) is 15.0 Å². The first kappa shape index (κ1) is 19.3. The molecule has 0 saturated carbocycles. The number of phenols is 1. The number of hydrogen-bond donors (Lipinski definition) is 2. The van der Waals surface area contributed by atoms with Gasteiger partial charge in [0.1, 0.15) is 28.2 Å². The topological polar surface area (TPSA) is 108 Å². The summed E-state index contributed by atoms with van der Waals surface area (Å²) in [6, 6.07) is 4.50. The fraction of sp³-hybridized carbons (Fsp3) is 0.261. The molecule has 1 aromatic heterocycles. The Morgan fingerprint density at radius 1 is 1.06 bits per heavy atom. The summed E-state index contributed by atoms with van der Waals surface area (Å²) in [6.45, 7) is 3.74. The van der Waals surface area contributed by atoms with E-state index in [4.69, 9.17) is 23.4 Å². The maximum atomic E-state index is 13.5. The number of methoxy groups -OCH3 is 2. The highest BCUT2D eigenvalue weighted by molar-refractivity contribution is 5.96. The fourth-order valence-electron chi connectivity index (χ4n) is 3.96. The van der Waals surface area contributed by atoms with Gasteiger partial charge in [0.15, 0.2) is 22.8 Å². The lowest BCUT2D eigenvalue weighted by atomic mass is 9.95. The summed E-state index contributed by atoms with van der Waals surface area (Å²) in [4.78, 5) is 13.5. The summed E-state index contributed by atoms with van der Waals surface area (Å²) < 4.78 is 28.1. The van der Waals surface area contributed by atoms with Gasteiger partial charge in [0.25, 0.3) is 6.29 Å². The molecule has 2 N–H and O–H groups in total. The molecule has 3 aromatic rings. The van der Waals surface area contributed by atoms with Crippen LogP contribution in [0.2, 0.25) is 0 Å². The molecule has 8 heteroatoms. The molecule has 1 atom stereocenters. The van der Waals surface area contributed by atoms with Crippen LogP contribution in [-0.2, 0) is 0 Å². The van der Waals surface area contributed by atoms with Crippen molar-refractivity contribution in [2.75, 3.05) is 14.2 Å². The smallest absolute Gasteiger partial charge is 0.257 e. The molecule has 8 nitrogen and oxygen atoms in total. The van der Waals surface area contributed by atoms with Gasteiger partial charge < -0.3 is 33.6 Å². The Labute approximate surface area is 176 Å². The van der Waals surface area contributed by atoms with Crippen molar-refractivity contribution in [2.45, 2.75) is 25.7 Å². The molecule has 31 heavy (non-hydrogen) atoms. The van der Waals surface area contributed by atoms with Crippen LogP contribution >= 0.6 is 0 Å². The maximum Gasteiger partial charge on any atom is 0.257 e. The largest absolute Gasteiger partial charge is 0.507 e. The van der Waals surface area contributed by atoms with Crippen LogP contribution in [0.1, 0.15) is 31.5 Å². The molecule has 3 heterocycles. The molecule has 2 aliphatic heterocycles. The van der Waals surface area contributed by atoms with Crippen LogP contribution in [0.25, 0.3) is 28.2 Å². The average molecular weight is 424 g/mol. The molecule has 0 amide bonds. The minimum atomic E-state index is -1.53. The van der Waals surface area contributed by atoms with E-state index in [2.05, 4.69) is 0 Å². The number of rotatable bonds is 2. The van der Waals surface area contributed by atoms with E-state index in [0.717, 1.165) is 0 Å². The number of benzene rings is 2. The number of hydrogen-bond acceptors (Lipinski definition) is 8. The molecular formula is C23H20O8. The quantitative estimate of drug-likeness (QED) is 0.641. The van der Waals surface area contributed by atoms with Gasteiger partial charge in [-0.3, -0.25) is 4.79 Å². The first-order valence-corrected chi connectivity index (χ1v) is 9.60. The standard InChI is InChI=1S/C23H20O8/c1-23(2)6-5-10-14(31-23)8-12(24)18-19(25)17-11-7-15(27-3)16(28-4)9-13(11)29-22(26)21(17)30-20(10)18/h5-9,22,24,26H,1-4H3. The van der Waals surface area contributed by atoms with Crippen LogP contribution in [0, 0.1) is 0 Å². The van der Waals surface area contributed by atoms with E-state index in [1.165, 1.54) is 26.4 Å². The van der Waals surface area contributed by atoms with Crippen molar-refractivity contribution in [3.8, 4) is 39.9 Å². The summed E-state index contributed by atoms with van der Waals surface area (Å²) in [6.07, 6.45) is 2.07. The summed E-state index contributed by atoms with van der Waals surface area (Å²) in [5.74, 6) is 1.01. The first-order valence-electron chi connectivity index (χ1n) is 9.60. The lowest BCUT2D eigenvalue weighted by Crippen LogP contribution is -2.27. The molecule has 2 aliphatic rings. The van der Waals surface area contributed by atoms with E-state index < -0.39 is 17.3 Å². The molecule has 160 valence electrons. The van der Waals surface area contributed by atoms with Gasteiger partial charge in [-0.05, 0) is 32.1 Å². The van der Waals surface area contributed by atoms with Gasteiger partial charge >= 0.3 is 0 Å². The van der Waals surface area contributed by atoms with Crippen molar-refractivity contribution in [1.29, 1.82) is 0 Å². The van der Waals surface area contributed by atoms with Gasteiger partial charge in [0.2, 0.25) is 5.43 Å². The van der Waals surface area contributed by atoms with E-state index in [-0.39, 0.29) is 33.8 Å². The molecule has 0 bridgehead atoms. The average Bonchev–Trinajstić information content (AvgIpc) is 2.72. The highest BCUT2D eigenvalue weighted by Crippen LogP contribution is 2.48. The molecule has 0 fully saturated rings. The van der Waals surface area contributed by atoms with Crippen LogP contribution < -0.4 is 24.4 Å². The van der Waals surface area contributed by atoms with Crippen molar-refractivity contribution >= 4 is 17.0 Å². The second kappa shape index (κ2) is 6.42. The van der Waals surface area contributed by atoms with Crippen LogP contribution in [-0.4, -0.2) is 30.0 Å². The number of ether oxygens (including phenoxy) is 4. The highest BCUT2D eigenvalue weighted by Gasteiger charge is 2.34. The van der Waals surface area contributed by atoms with Gasteiger partial charge in [-0.25, -0.2) is 0 Å². The Morgan fingerprint density at radius 3 is 2.48 bits per heavy atom. The zero-order chi connectivity index (χ0) is 22.1. The number of aliphatic hydroxyl groups excluding tert-OH is 1. The third kappa shape index (κ3) is 2.75. The highest BCUT2D eigenvalue weighted by atomic mass is 16.6. The van der Waals surface area contributed by atoms with Gasteiger partial charge in [-0.15, -0.1) is 0 Å². The first-order chi connectivity index (χ1) is 14.7. The van der Waals surface area contributed by atoms with Crippen molar-refractivity contribution in [3.63, 3.8) is 0 Å². The second-order valence-electron chi connectivity index (χ2n) is 7.89. The fourth-order valence-corrected chi connectivity index (χ4v) is 3.96. The Hall–Kier alpha value is -3.65. The predicted molar refractivity (Wildman–Crippen MR) is 112 cm³/mol. The minimum absolute atomic E-state index is 0.0136. The summed E-state index contributed by atoms with van der Waals surface area (Å²) >= 11 is 0. The Bertz CT molecular complexity index is 1330. The summed E-state index contributed by atoms with van der Waals surface area (Å²) in [5, 5.41) is 21.3. The molecule has 0 aliphatic carbocycles. The van der Waals surface area contributed by atoms with Crippen LogP contribution in [0.3, 0.4) is 0 Å². The van der Waals surface area contributed by atoms with E-state index in [1.807, 2.05) is 19.9 Å². The monoisotopic (exact) mass is 424 g/mol. The van der Waals surface area contributed by atoms with E-state index in [0.29, 0.717) is 28.4 Å². The Morgan fingerprint density at radius 2 is 1.77 bits per heavy atom.